The first kappa shape index (κ1) is 17.8. The van der Waals surface area contributed by atoms with Crippen molar-refractivity contribution in [2.75, 3.05) is 12.8 Å². The van der Waals surface area contributed by atoms with E-state index in [-0.39, 0.29) is 11.0 Å². The lowest BCUT2D eigenvalue weighted by Gasteiger charge is -2.41. The van der Waals surface area contributed by atoms with Crippen LogP contribution in [0.15, 0.2) is 48.9 Å². The lowest BCUT2D eigenvalue weighted by molar-refractivity contribution is -0.116. The average molecular weight is 307 g/mol. The maximum absolute atomic E-state index is 11.7. The van der Waals surface area contributed by atoms with E-state index >= 15 is 0 Å². The molecule has 0 bridgehead atoms. The van der Waals surface area contributed by atoms with Crippen LogP contribution in [-0.4, -0.2) is 39.4 Å². The number of thioether (sulfide) groups is 1. The molecule has 0 aromatic rings. The van der Waals surface area contributed by atoms with Crippen molar-refractivity contribution < 1.29 is 9.90 Å². The minimum Gasteiger partial charge on any atom is -0.378 e. The van der Waals surface area contributed by atoms with E-state index < -0.39 is 5.60 Å². The Labute approximate surface area is 132 Å². The van der Waals surface area contributed by atoms with Gasteiger partial charge in [-0.15, -0.1) is 6.58 Å². The average Bonchev–Trinajstić information content (AvgIpc) is 2.43. The van der Waals surface area contributed by atoms with Gasteiger partial charge < -0.3 is 10.0 Å². The minimum atomic E-state index is -1.15. The van der Waals surface area contributed by atoms with Gasteiger partial charge in [-0.2, -0.15) is 11.8 Å². The summed E-state index contributed by atoms with van der Waals surface area (Å²) in [5.41, 5.74) is 0.453. The molecule has 2 atom stereocenters. The van der Waals surface area contributed by atoms with E-state index in [9.17, 15) is 9.90 Å². The van der Waals surface area contributed by atoms with Crippen LogP contribution in [0, 0.1) is 0 Å². The third-order valence-electron chi connectivity index (χ3n) is 3.66. The molecule has 0 aromatic carbocycles. The second kappa shape index (κ2) is 7.66. The Kier molecular flexibility index (Phi) is 6.49. The molecular weight excluding hydrogens is 282 g/mol. The molecule has 116 valence electrons. The van der Waals surface area contributed by atoms with Crippen LogP contribution in [0.25, 0.3) is 0 Å². The van der Waals surface area contributed by atoms with Crippen LogP contribution < -0.4 is 0 Å². The van der Waals surface area contributed by atoms with Gasteiger partial charge in [-0.3, -0.25) is 4.79 Å². The normalized spacial score (nSPS) is 25.8. The number of rotatable bonds is 7. The monoisotopic (exact) mass is 307 g/mol. The van der Waals surface area contributed by atoms with Crippen molar-refractivity contribution in [2.45, 2.75) is 37.5 Å². The molecule has 0 heterocycles. The van der Waals surface area contributed by atoms with Crippen molar-refractivity contribution in [2.24, 2.45) is 0 Å². The molecule has 0 amide bonds. The summed E-state index contributed by atoms with van der Waals surface area (Å²) < 4.78 is 0. The highest BCUT2D eigenvalue weighted by Gasteiger charge is 2.43. The van der Waals surface area contributed by atoms with Crippen LogP contribution in [0.5, 0.6) is 0 Å². The van der Waals surface area contributed by atoms with Gasteiger partial charge >= 0.3 is 0 Å². The molecule has 0 aliphatic heterocycles. The highest BCUT2D eigenvalue weighted by molar-refractivity contribution is 8.00. The first-order chi connectivity index (χ1) is 9.86. The van der Waals surface area contributed by atoms with E-state index in [1.54, 1.807) is 17.8 Å². The Morgan fingerprint density at radius 3 is 2.86 bits per heavy atom. The maximum Gasteiger partial charge on any atom is 0.156 e. The lowest BCUT2D eigenvalue weighted by atomic mass is 9.86. The zero-order valence-electron chi connectivity index (χ0n) is 13.1. The summed E-state index contributed by atoms with van der Waals surface area (Å²) >= 11 is 1.61. The SMILES string of the molecule is C=CCCSC1CC(=O)C=CC1(O)C(=CC)N(C)C(=C)C. The maximum atomic E-state index is 11.7. The van der Waals surface area contributed by atoms with E-state index in [4.69, 9.17) is 0 Å². The molecule has 4 heteroatoms. The van der Waals surface area contributed by atoms with Crippen LogP contribution in [-0.2, 0) is 4.79 Å². The molecule has 0 aromatic heterocycles. The molecule has 0 fully saturated rings. The number of allylic oxidation sites excluding steroid dienone is 4. The van der Waals surface area contributed by atoms with E-state index in [1.165, 1.54) is 6.08 Å². The molecule has 1 N–H and O–H groups in total. The largest absolute Gasteiger partial charge is 0.378 e. The number of likely N-dealkylation sites (N-methyl/N-ethyl adjacent to an activating group) is 1. The summed E-state index contributed by atoms with van der Waals surface area (Å²) in [5, 5.41) is 11.0. The highest BCUT2D eigenvalue weighted by atomic mass is 32.2. The van der Waals surface area contributed by atoms with E-state index in [0.717, 1.165) is 23.6 Å². The first-order valence-corrected chi connectivity index (χ1v) is 8.14. The first-order valence-electron chi connectivity index (χ1n) is 7.09. The second-order valence-corrected chi connectivity index (χ2v) is 6.54. The number of carbonyl (C=O) groups is 1. The smallest absolute Gasteiger partial charge is 0.156 e. The van der Waals surface area contributed by atoms with E-state index in [1.807, 2.05) is 37.9 Å². The number of aliphatic hydroxyl groups is 1. The summed E-state index contributed by atoms with van der Waals surface area (Å²) in [4.78, 5) is 13.6. The Balaban J connectivity index is 3.10. The molecule has 21 heavy (non-hydrogen) atoms. The molecule has 2 unspecified atom stereocenters. The van der Waals surface area contributed by atoms with Gasteiger partial charge in [0, 0.05) is 19.2 Å². The minimum absolute atomic E-state index is 0.0595. The Morgan fingerprint density at radius 1 is 1.67 bits per heavy atom. The molecule has 3 nitrogen and oxygen atoms in total. The molecule has 0 saturated carbocycles. The van der Waals surface area contributed by atoms with Gasteiger partial charge in [0.1, 0.15) is 5.60 Å². The number of nitrogens with zero attached hydrogens (tertiary/aromatic N) is 1. The molecule has 1 aliphatic rings. The standard InChI is InChI=1S/C17H25NO2S/c1-6-8-11-21-16-12-14(19)9-10-17(16,20)15(7-2)18(5)13(3)4/h6-7,9-10,16,20H,1,3,8,11-12H2,2,4-5H3. The van der Waals surface area contributed by atoms with Gasteiger partial charge in [-0.05, 0) is 38.2 Å². The molecule has 0 radical (unpaired) electrons. The molecule has 0 saturated heterocycles. The number of ketones is 1. The fraction of sp³-hybridized carbons (Fsp3) is 0.471. The zero-order valence-corrected chi connectivity index (χ0v) is 13.9. The fourth-order valence-electron chi connectivity index (χ4n) is 2.36. The van der Waals surface area contributed by atoms with Crippen LogP contribution >= 0.6 is 11.8 Å². The number of carbonyl (C=O) groups excluding carboxylic acids is 1. The Bertz CT molecular complexity index is 481. The van der Waals surface area contributed by atoms with Crippen LogP contribution in [0.1, 0.15) is 26.7 Å². The third-order valence-corrected chi connectivity index (χ3v) is 5.06. The fourth-order valence-corrected chi connectivity index (χ4v) is 3.69. The van der Waals surface area contributed by atoms with Gasteiger partial charge in [-0.1, -0.05) is 18.7 Å². The summed E-state index contributed by atoms with van der Waals surface area (Å²) in [6.07, 6.45) is 8.05. The molecular formula is C17H25NO2S. The summed E-state index contributed by atoms with van der Waals surface area (Å²) in [7, 11) is 1.88. The molecule has 1 rings (SSSR count). The van der Waals surface area contributed by atoms with Gasteiger partial charge in [0.05, 0.1) is 10.9 Å². The summed E-state index contributed by atoms with van der Waals surface area (Å²) in [6, 6.07) is 0. The van der Waals surface area contributed by atoms with E-state index in [2.05, 4.69) is 13.2 Å². The van der Waals surface area contributed by atoms with Crippen molar-refractivity contribution in [3.05, 3.63) is 48.9 Å². The lowest BCUT2D eigenvalue weighted by Crippen LogP contribution is -2.48. The topological polar surface area (TPSA) is 40.5 Å². The van der Waals surface area contributed by atoms with Crippen molar-refractivity contribution >= 4 is 17.5 Å². The van der Waals surface area contributed by atoms with Crippen LogP contribution in [0.4, 0.5) is 0 Å². The quantitative estimate of drug-likeness (QED) is 0.579. The van der Waals surface area contributed by atoms with Gasteiger partial charge in [0.2, 0.25) is 0 Å². The molecule has 1 aliphatic carbocycles. The van der Waals surface area contributed by atoms with E-state index in [0.29, 0.717) is 6.42 Å². The van der Waals surface area contributed by atoms with Crippen LogP contribution in [0.2, 0.25) is 0 Å². The van der Waals surface area contributed by atoms with Gasteiger partial charge in [0.15, 0.2) is 5.78 Å². The number of hydrogen-bond donors (Lipinski definition) is 1. The molecule has 0 spiro atoms. The predicted molar refractivity (Wildman–Crippen MR) is 91.1 cm³/mol. The Hall–Kier alpha value is -1.26. The van der Waals surface area contributed by atoms with Crippen molar-refractivity contribution in [3.8, 4) is 0 Å². The van der Waals surface area contributed by atoms with Crippen molar-refractivity contribution in [1.29, 1.82) is 0 Å². The van der Waals surface area contributed by atoms with Gasteiger partial charge in [-0.25, -0.2) is 0 Å². The van der Waals surface area contributed by atoms with Crippen molar-refractivity contribution in [3.63, 3.8) is 0 Å². The van der Waals surface area contributed by atoms with Crippen molar-refractivity contribution in [1.82, 2.24) is 4.90 Å². The second-order valence-electron chi connectivity index (χ2n) is 5.23. The number of hydrogen-bond acceptors (Lipinski definition) is 4. The zero-order chi connectivity index (χ0) is 16.0. The summed E-state index contributed by atoms with van der Waals surface area (Å²) in [6.45, 7) is 11.4. The third kappa shape index (κ3) is 4.11. The van der Waals surface area contributed by atoms with Gasteiger partial charge in [0.25, 0.3) is 0 Å². The predicted octanol–water partition coefficient (Wildman–Crippen LogP) is 3.29. The highest BCUT2D eigenvalue weighted by Crippen LogP contribution is 2.38. The summed E-state index contributed by atoms with van der Waals surface area (Å²) in [5.74, 6) is 0.898. The van der Waals surface area contributed by atoms with Crippen LogP contribution in [0.3, 0.4) is 0 Å². The Morgan fingerprint density at radius 2 is 2.33 bits per heavy atom.